The van der Waals surface area contributed by atoms with E-state index < -0.39 is 0 Å². The average Bonchev–Trinajstić information content (AvgIpc) is 1.18. The molecule has 0 saturated heterocycles. The molecule has 441 valence electrons. The molecule has 9 heteroatoms. The molecule has 13 aromatic carbocycles. The predicted octanol–water partition coefficient (Wildman–Crippen LogP) is 20.4. The Balaban J connectivity index is 0.000000143. The third kappa shape index (κ3) is 12.5. The fourth-order valence-electron chi connectivity index (χ4n) is 14.0. The Morgan fingerprint density at radius 3 is 1.49 bits per heavy atom. The Morgan fingerprint density at radius 2 is 0.883 bits per heavy atom. The van der Waals surface area contributed by atoms with Gasteiger partial charge >= 0.3 is 0 Å². The second-order valence-corrected chi connectivity index (χ2v) is 23.8. The first kappa shape index (κ1) is 69.9. The quantitative estimate of drug-likeness (QED) is 0.157. The third-order valence-corrected chi connectivity index (χ3v) is 18.1. The fraction of sp³-hybridized carbons (Fsp3) is 0.0824. The standard InChI is InChI=1S/C35H26N2.2C25H15N.5Y/c1-22-19-23-21-27-30(37-29-15-9-7-13-25(29)26(20-22)34(23)37)17-18-32-33(27)35(2,3)28-14-8-10-16-31(28)36(32)24-11-5-4-6-12-24;1-26-24-14-12-20(18-8-4-2-5-9-18)16-22(24)23-17-21(13-15-25(23)26)19-10-6-3-7-11-19;1-26-24-13-6-5-12-22(24)23-17-21(14-15-25(23)26)20-11-7-10-19(16-20)18-8-3-2-4-9-18;;;;;/h4-14,16,18-20H,21H2,1-3H3;2-8,10,14-17H,1H3;2-8,12-13,15-17H,1H3;;;;;/q-2;2*-4;;;;;. The van der Waals surface area contributed by atoms with Crippen molar-refractivity contribution in [1.82, 2.24) is 13.7 Å². The van der Waals surface area contributed by atoms with Gasteiger partial charge in [-0.15, -0.1) is 87.9 Å². The minimum absolute atomic E-state index is 0. The van der Waals surface area contributed by atoms with Crippen LogP contribution in [-0.4, -0.2) is 13.7 Å². The molecule has 0 fully saturated rings. The summed E-state index contributed by atoms with van der Waals surface area (Å²) in [6, 6.07) is 116. The van der Waals surface area contributed by atoms with Crippen molar-refractivity contribution in [3.05, 3.63) is 325 Å². The summed E-state index contributed by atoms with van der Waals surface area (Å²) in [6.07, 6.45) is 0.901. The van der Waals surface area contributed by atoms with Gasteiger partial charge in [0.25, 0.3) is 0 Å². The summed E-state index contributed by atoms with van der Waals surface area (Å²) < 4.78 is 6.84. The molecule has 2 aliphatic heterocycles. The molecular weight excluding hydrogens is 1520 g/mol. The number of fused-ring (bicyclic) bond motifs is 14. The van der Waals surface area contributed by atoms with Crippen molar-refractivity contribution in [2.45, 2.75) is 32.6 Å². The van der Waals surface area contributed by atoms with Crippen molar-refractivity contribution >= 4 is 82.5 Å². The van der Waals surface area contributed by atoms with E-state index in [1.165, 1.54) is 105 Å². The summed E-state index contributed by atoms with van der Waals surface area (Å²) in [6.45, 7) is 6.98. The average molecular weight is 1580 g/mol. The maximum Gasteiger partial charge on any atom is 0.0400 e. The molecule has 5 radical (unpaired) electrons. The zero-order chi connectivity index (χ0) is 59.9. The van der Waals surface area contributed by atoms with Gasteiger partial charge in [-0.1, -0.05) is 108 Å². The molecule has 0 atom stereocenters. The Bertz CT molecular complexity index is 5320. The van der Waals surface area contributed by atoms with Crippen molar-refractivity contribution in [3.63, 3.8) is 0 Å². The topological polar surface area (TPSA) is 18.0 Å². The van der Waals surface area contributed by atoms with Crippen molar-refractivity contribution in [2.24, 2.45) is 14.1 Å². The van der Waals surface area contributed by atoms with E-state index in [-0.39, 0.29) is 169 Å². The van der Waals surface area contributed by atoms with E-state index in [1.54, 1.807) is 0 Å². The number of rotatable bonds is 5. The van der Waals surface area contributed by atoms with Crippen LogP contribution in [0, 0.1) is 67.6 Å². The van der Waals surface area contributed by atoms with Crippen LogP contribution in [0.1, 0.15) is 41.7 Å². The Kier molecular flexibility index (Phi) is 21.8. The van der Waals surface area contributed by atoms with Crippen molar-refractivity contribution in [1.29, 1.82) is 0 Å². The summed E-state index contributed by atoms with van der Waals surface area (Å²) in [5.74, 6) is 0. The number of hydrogen-bond donors (Lipinski definition) is 0. The summed E-state index contributed by atoms with van der Waals surface area (Å²) >= 11 is 0. The largest absolute Gasteiger partial charge is 0.424 e. The van der Waals surface area contributed by atoms with E-state index in [0.717, 1.165) is 62.1 Å². The molecule has 0 saturated carbocycles. The van der Waals surface area contributed by atoms with E-state index in [1.807, 2.05) is 72.8 Å². The molecule has 2 aliphatic rings. The molecule has 18 rings (SSSR count). The summed E-state index contributed by atoms with van der Waals surface area (Å²) in [4.78, 5) is 2.42. The van der Waals surface area contributed by atoms with Gasteiger partial charge in [0.1, 0.15) is 0 Å². The van der Waals surface area contributed by atoms with Crippen LogP contribution < -0.4 is 4.90 Å². The Labute approximate surface area is 677 Å². The number of aromatic nitrogens is 3. The maximum absolute atomic E-state index is 3.78. The molecule has 16 aromatic rings. The fourth-order valence-corrected chi connectivity index (χ4v) is 14.0. The first-order valence-electron chi connectivity index (χ1n) is 30.2. The molecule has 0 aliphatic carbocycles. The summed E-state index contributed by atoms with van der Waals surface area (Å²) in [7, 11) is 4.19. The molecule has 0 N–H and O–H groups in total. The first-order chi connectivity index (χ1) is 43.7. The SMILES string of the molecule is Cc1cc2c3c(c1)c1ccc[c-]c1n3-c1[c-]cc3c(c1C2)C(C)(C)c1ccccc1N3c1ccccc1.Cn1c2c[c-]c(-c3[c-]c[c-]c(-c4[c-]cccc4)c3)cc2c2ccccc21.Cn1c2c[c-]c(-c3[c-]cccc3)cc2c2cc(-c3[c-]cccc3)[c-]cc21.[Y].[Y].[Y].[Y].[Y]. The number of benzene rings is 13. The molecule has 4 nitrogen and oxygen atoms in total. The number of aryl methyl sites for hydroxylation is 3. The van der Waals surface area contributed by atoms with Gasteiger partial charge in [0, 0.05) is 193 Å². The molecule has 3 aromatic heterocycles. The number of hydrogen-bond acceptors (Lipinski definition) is 1. The van der Waals surface area contributed by atoms with E-state index in [2.05, 4.69) is 278 Å². The van der Waals surface area contributed by atoms with Crippen LogP contribution in [0.2, 0.25) is 0 Å². The molecule has 94 heavy (non-hydrogen) atoms. The zero-order valence-corrected chi connectivity index (χ0v) is 67.1. The van der Waals surface area contributed by atoms with E-state index >= 15 is 0 Å². The maximum atomic E-state index is 3.78. The predicted molar refractivity (Wildman–Crippen MR) is 366 cm³/mol. The van der Waals surface area contributed by atoms with E-state index in [0.29, 0.717) is 0 Å². The smallest absolute Gasteiger partial charge is 0.0400 e. The second-order valence-electron chi connectivity index (χ2n) is 23.8. The molecule has 0 bridgehead atoms. The zero-order valence-electron chi connectivity index (χ0n) is 52.9. The molecule has 0 spiro atoms. The number of nitrogens with zero attached hydrogens (tertiary/aromatic N) is 4. The summed E-state index contributed by atoms with van der Waals surface area (Å²) in [5, 5.41) is 7.52. The van der Waals surface area contributed by atoms with Gasteiger partial charge in [-0.2, -0.15) is 115 Å². The minimum Gasteiger partial charge on any atom is -0.424 e. The third-order valence-electron chi connectivity index (χ3n) is 18.1. The van der Waals surface area contributed by atoms with Gasteiger partial charge in [0.2, 0.25) is 0 Å². The van der Waals surface area contributed by atoms with E-state index in [9.17, 15) is 0 Å². The minimum atomic E-state index is -0.163. The van der Waals surface area contributed by atoms with Crippen molar-refractivity contribution in [3.8, 4) is 50.2 Å². The van der Waals surface area contributed by atoms with Gasteiger partial charge in [0.05, 0.1) is 0 Å². The van der Waals surface area contributed by atoms with Crippen LogP contribution in [0.15, 0.2) is 237 Å². The van der Waals surface area contributed by atoms with Crippen LogP contribution in [0.25, 0.3) is 116 Å². The van der Waals surface area contributed by atoms with Gasteiger partial charge in [-0.3, -0.25) is 11.6 Å². The molecular formula is C85H56N4Y5-10. The number of anilines is 3. The van der Waals surface area contributed by atoms with Crippen molar-refractivity contribution in [2.75, 3.05) is 4.90 Å². The van der Waals surface area contributed by atoms with Crippen LogP contribution in [-0.2, 0) is 189 Å². The van der Waals surface area contributed by atoms with Crippen LogP contribution >= 0.6 is 0 Å². The molecule has 0 unspecified atom stereocenters. The number of para-hydroxylation sites is 4. The summed E-state index contributed by atoms with van der Waals surface area (Å²) in [5.41, 5.74) is 27.0. The van der Waals surface area contributed by atoms with Gasteiger partial charge in [-0.05, 0) is 88.5 Å². The van der Waals surface area contributed by atoms with Crippen LogP contribution in [0.5, 0.6) is 0 Å². The van der Waals surface area contributed by atoms with Crippen LogP contribution in [0.4, 0.5) is 17.1 Å². The van der Waals surface area contributed by atoms with E-state index in [4.69, 9.17) is 0 Å². The molecule has 5 heterocycles. The van der Waals surface area contributed by atoms with Gasteiger partial charge in [-0.25, -0.2) is 34.4 Å². The van der Waals surface area contributed by atoms with Crippen molar-refractivity contribution < 1.29 is 164 Å². The molecule has 0 amide bonds. The van der Waals surface area contributed by atoms with Gasteiger partial charge < -0.3 is 47.9 Å². The van der Waals surface area contributed by atoms with Crippen LogP contribution in [0.3, 0.4) is 0 Å². The first-order valence-corrected chi connectivity index (χ1v) is 30.2. The second kappa shape index (κ2) is 29.3. The monoisotopic (exact) mass is 1580 g/mol. The Hall–Kier alpha value is -5.42. The Morgan fingerprint density at radius 1 is 0.383 bits per heavy atom. The normalized spacial score (nSPS) is 12.1. The van der Waals surface area contributed by atoms with Gasteiger partial charge in [0.15, 0.2) is 0 Å².